The van der Waals surface area contributed by atoms with Crippen LogP contribution in [0.4, 0.5) is 0 Å². The molecule has 0 atom stereocenters. The van der Waals surface area contributed by atoms with Gasteiger partial charge in [0.15, 0.2) is 9.04 Å². The highest BCUT2D eigenvalue weighted by molar-refractivity contribution is 6.48. The van der Waals surface area contributed by atoms with Crippen molar-refractivity contribution in [3.05, 3.63) is 12.2 Å². The molecule has 0 fully saturated rings. The van der Waals surface area contributed by atoms with Crippen molar-refractivity contribution in [1.82, 2.24) is 0 Å². The Balaban J connectivity index is 3.71. The van der Waals surface area contributed by atoms with Gasteiger partial charge in [-0.1, -0.05) is 27.4 Å². The Morgan fingerprint density at radius 2 is 1.82 bits per heavy atom. The van der Waals surface area contributed by atoms with Crippen LogP contribution in [-0.4, -0.2) is 15.6 Å². The van der Waals surface area contributed by atoms with Gasteiger partial charge in [-0.25, -0.2) is 0 Å². The molecule has 0 aliphatic carbocycles. The van der Waals surface area contributed by atoms with E-state index >= 15 is 0 Å². The van der Waals surface area contributed by atoms with Crippen LogP contribution in [0.1, 0.15) is 20.8 Å². The SMILES string of the molecule is C=C(CO[SiH](C)C)C(C)(C)C. The zero-order valence-corrected chi connectivity index (χ0v) is 9.55. The quantitative estimate of drug-likeness (QED) is 0.470. The molecule has 0 rings (SSSR count). The van der Waals surface area contributed by atoms with Crippen LogP contribution in [-0.2, 0) is 4.43 Å². The highest BCUT2D eigenvalue weighted by atomic mass is 28.3. The lowest BCUT2D eigenvalue weighted by atomic mass is 9.88. The topological polar surface area (TPSA) is 9.23 Å². The van der Waals surface area contributed by atoms with Gasteiger partial charge < -0.3 is 4.43 Å². The van der Waals surface area contributed by atoms with Crippen LogP contribution in [0.15, 0.2) is 12.2 Å². The number of hydrogen-bond donors (Lipinski definition) is 0. The molecule has 0 saturated carbocycles. The standard InChI is InChI=1S/C9H20OSi/c1-8(9(2,3)4)7-10-11(5)6/h11H,1,7H2,2-6H3. The van der Waals surface area contributed by atoms with Crippen molar-refractivity contribution in [2.45, 2.75) is 33.9 Å². The van der Waals surface area contributed by atoms with Crippen molar-refractivity contribution < 1.29 is 4.43 Å². The summed E-state index contributed by atoms with van der Waals surface area (Å²) in [5.74, 6) is 0. The third-order valence-corrected chi connectivity index (χ3v) is 2.48. The van der Waals surface area contributed by atoms with Crippen molar-refractivity contribution in [3.63, 3.8) is 0 Å². The first-order valence-corrected chi connectivity index (χ1v) is 6.92. The molecule has 0 saturated heterocycles. The third kappa shape index (κ3) is 5.22. The lowest BCUT2D eigenvalue weighted by Crippen LogP contribution is -2.17. The summed E-state index contributed by atoms with van der Waals surface area (Å²) in [7, 11) is -0.859. The van der Waals surface area contributed by atoms with E-state index in [1.807, 2.05) is 0 Å². The zero-order valence-electron chi connectivity index (χ0n) is 8.40. The molecule has 0 spiro atoms. The normalized spacial score (nSPS) is 12.2. The Morgan fingerprint density at radius 3 is 2.09 bits per heavy atom. The summed E-state index contributed by atoms with van der Waals surface area (Å²) >= 11 is 0. The van der Waals surface area contributed by atoms with E-state index in [2.05, 4.69) is 40.4 Å². The molecule has 11 heavy (non-hydrogen) atoms. The van der Waals surface area contributed by atoms with Gasteiger partial charge in [0.2, 0.25) is 0 Å². The van der Waals surface area contributed by atoms with Crippen molar-refractivity contribution in [1.29, 1.82) is 0 Å². The van der Waals surface area contributed by atoms with Gasteiger partial charge in [-0.15, -0.1) is 0 Å². The van der Waals surface area contributed by atoms with Crippen LogP contribution in [0.2, 0.25) is 13.1 Å². The fourth-order valence-corrected chi connectivity index (χ4v) is 1.02. The summed E-state index contributed by atoms with van der Waals surface area (Å²) in [5.41, 5.74) is 1.39. The van der Waals surface area contributed by atoms with Gasteiger partial charge in [0.25, 0.3) is 0 Å². The first-order valence-electron chi connectivity index (χ1n) is 4.14. The van der Waals surface area contributed by atoms with Crippen LogP contribution < -0.4 is 0 Å². The van der Waals surface area contributed by atoms with Gasteiger partial charge >= 0.3 is 0 Å². The summed E-state index contributed by atoms with van der Waals surface area (Å²) in [5, 5.41) is 0. The summed E-state index contributed by atoms with van der Waals surface area (Å²) in [6, 6.07) is 0. The minimum atomic E-state index is -0.859. The molecule has 0 amide bonds. The average molecular weight is 172 g/mol. The third-order valence-electron chi connectivity index (χ3n) is 1.65. The van der Waals surface area contributed by atoms with Crippen molar-refractivity contribution in [3.8, 4) is 0 Å². The maximum atomic E-state index is 5.57. The summed E-state index contributed by atoms with van der Waals surface area (Å²) < 4.78 is 5.57. The smallest absolute Gasteiger partial charge is 0.171 e. The maximum Gasteiger partial charge on any atom is 0.171 e. The summed E-state index contributed by atoms with van der Waals surface area (Å²) in [6.07, 6.45) is 0. The van der Waals surface area contributed by atoms with E-state index in [0.29, 0.717) is 0 Å². The fourth-order valence-electron chi connectivity index (χ4n) is 0.484. The highest BCUT2D eigenvalue weighted by Crippen LogP contribution is 2.23. The molecule has 0 aliphatic heterocycles. The van der Waals surface area contributed by atoms with Crippen molar-refractivity contribution in [2.24, 2.45) is 5.41 Å². The Morgan fingerprint density at radius 1 is 1.36 bits per heavy atom. The van der Waals surface area contributed by atoms with Crippen LogP contribution in [0.25, 0.3) is 0 Å². The molecule has 0 aromatic carbocycles. The monoisotopic (exact) mass is 172 g/mol. The molecule has 0 unspecified atom stereocenters. The largest absolute Gasteiger partial charge is 0.417 e. The molecule has 66 valence electrons. The first kappa shape index (κ1) is 10.9. The van der Waals surface area contributed by atoms with Crippen LogP contribution >= 0.6 is 0 Å². The highest BCUT2D eigenvalue weighted by Gasteiger charge is 2.14. The zero-order chi connectivity index (χ0) is 9.07. The molecular weight excluding hydrogens is 152 g/mol. The molecule has 0 aliphatic rings. The van der Waals surface area contributed by atoms with Crippen LogP contribution in [0.3, 0.4) is 0 Å². The minimum absolute atomic E-state index is 0.198. The summed E-state index contributed by atoms with van der Waals surface area (Å²) in [4.78, 5) is 0. The second kappa shape index (κ2) is 4.07. The Bertz CT molecular complexity index is 133. The molecule has 0 bridgehead atoms. The van der Waals surface area contributed by atoms with E-state index < -0.39 is 9.04 Å². The number of hydrogen-bond acceptors (Lipinski definition) is 1. The van der Waals surface area contributed by atoms with E-state index in [1.165, 1.54) is 5.57 Å². The second-order valence-corrected chi connectivity index (χ2v) is 6.64. The Labute approximate surface area is 72.2 Å². The lowest BCUT2D eigenvalue weighted by Gasteiger charge is -2.22. The predicted molar refractivity (Wildman–Crippen MR) is 53.4 cm³/mol. The van der Waals surface area contributed by atoms with Gasteiger partial charge in [-0.05, 0) is 24.1 Å². The molecule has 0 aromatic rings. The van der Waals surface area contributed by atoms with E-state index in [4.69, 9.17) is 4.43 Å². The minimum Gasteiger partial charge on any atom is -0.417 e. The van der Waals surface area contributed by atoms with E-state index in [0.717, 1.165) is 6.61 Å². The molecule has 0 radical (unpaired) electrons. The Kier molecular flexibility index (Phi) is 4.04. The van der Waals surface area contributed by atoms with Crippen molar-refractivity contribution in [2.75, 3.05) is 6.61 Å². The molecule has 1 nitrogen and oxygen atoms in total. The van der Waals surface area contributed by atoms with Crippen LogP contribution in [0.5, 0.6) is 0 Å². The molecule has 0 aromatic heterocycles. The average Bonchev–Trinajstić information content (AvgIpc) is 1.80. The molecular formula is C9H20OSi. The Hall–Kier alpha value is -0.0831. The fraction of sp³-hybridized carbons (Fsp3) is 0.778. The van der Waals surface area contributed by atoms with Gasteiger partial charge in [-0.3, -0.25) is 0 Å². The maximum absolute atomic E-state index is 5.57. The lowest BCUT2D eigenvalue weighted by molar-refractivity contribution is 0.323. The first-order chi connectivity index (χ1) is 4.84. The molecule has 0 heterocycles. The second-order valence-electron chi connectivity index (χ2n) is 4.21. The summed E-state index contributed by atoms with van der Waals surface area (Å²) in [6.45, 7) is 15.6. The van der Waals surface area contributed by atoms with Gasteiger partial charge in [0, 0.05) is 0 Å². The van der Waals surface area contributed by atoms with Crippen molar-refractivity contribution >= 4 is 9.04 Å². The predicted octanol–water partition coefficient (Wildman–Crippen LogP) is 2.59. The van der Waals surface area contributed by atoms with Gasteiger partial charge in [0.1, 0.15) is 0 Å². The molecule has 2 heteroatoms. The van der Waals surface area contributed by atoms with Gasteiger partial charge in [0.05, 0.1) is 6.61 Å². The molecule has 0 N–H and O–H groups in total. The van der Waals surface area contributed by atoms with E-state index in [1.54, 1.807) is 0 Å². The van der Waals surface area contributed by atoms with Gasteiger partial charge in [-0.2, -0.15) is 0 Å². The van der Waals surface area contributed by atoms with E-state index in [-0.39, 0.29) is 5.41 Å². The van der Waals surface area contributed by atoms with E-state index in [9.17, 15) is 0 Å². The van der Waals surface area contributed by atoms with Crippen LogP contribution in [0, 0.1) is 5.41 Å². The number of rotatable bonds is 3.